The van der Waals surface area contributed by atoms with E-state index in [1.54, 1.807) is 0 Å². The highest BCUT2D eigenvalue weighted by molar-refractivity contribution is 5.93. The summed E-state index contributed by atoms with van der Waals surface area (Å²) in [4.78, 5) is 7.93. The SMILES string of the molecule is Fc1cnc(N2CCN(c3nnc(Cc4ccccc4)c4ccccc34)CC2)c(F)c1. The van der Waals surface area contributed by atoms with Crippen LogP contribution in [0.3, 0.4) is 0 Å². The molecule has 0 bridgehead atoms. The zero-order valence-corrected chi connectivity index (χ0v) is 16.9. The van der Waals surface area contributed by atoms with Gasteiger partial charge >= 0.3 is 0 Å². The molecule has 0 saturated carbocycles. The maximum Gasteiger partial charge on any atom is 0.168 e. The normalized spacial score (nSPS) is 14.3. The number of hydrogen-bond donors (Lipinski definition) is 0. The van der Waals surface area contributed by atoms with E-state index < -0.39 is 11.6 Å². The van der Waals surface area contributed by atoms with E-state index in [9.17, 15) is 8.78 Å². The lowest BCUT2D eigenvalue weighted by molar-refractivity contribution is 0.557. The second kappa shape index (κ2) is 8.26. The first-order chi connectivity index (χ1) is 15.2. The summed E-state index contributed by atoms with van der Waals surface area (Å²) in [5.74, 6) is -0.282. The standard InChI is InChI=1S/C24H21F2N5/c25-18-15-21(26)24(27-16-18)31-12-10-30(11-13-31)23-20-9-5-4-8-19(20)22(28-29-23)14-17-6-2-1-3-7-17/h1-9,15-16H,10-14H2. The first kappa shape index (κ1) is 19.4. The molecule has 0 unspecified atom stereocenters. The summed E-state index contributed by atoms with van der Waals surface area (Å²) in [7, 11) is 0. The number of pyridine rings is 1. The molecule has 2 aromatic carbocycles. The highest BCUT2D eigenvalue weighted by Gasteiger charge is 2.23. The van der Waals surface area contributed by atoms with Gasteiger partial charge in [0, 0.05) is 49.4 Å². The van der Waals surface area contributed by atoms with Gasteiger partial charge in [-0.3, -0.25) is 0 Å². The fraction of sp³-hybridized carbons (Fsp3) is 0.208. The van der Waals surface area contributed by atoms with Gasteiger partial charge < -0.3 is 9.80 Å². The van der Waals surface area contributed by atoms with Crippen LogP contribution in [0.2, 0.25) is 0 Å². The van der Waals surface area contributed by atoms with Gasteiger partial charge in [-0.15, -0.1) is 5.10 Å². The predicted molar refractivity (Wildman–Crippen MR) is 117 cm³/mol. The lowest BCUT2D eigenvalue weighted by Crippen LogP contribution is -2.47. The van der Waals surface area contributed by atoms with E-state index in [2.05, 4.69) is 44.3 Å². The molecule has 0 amide bonds. The van der Waals surface area contributed by atoms with Crippen molar-refractivity contribution < 1.29 is 8.78 Å². The third kappa shape index (κ3) is 3.91. The number of hydrogen-bond acceptors (Lipinski definition) is 5. The van der Waals surface area contributed by atoms with Gasteiger partial charge in [-0.25, -0.2) is 13.8 Å². The molecule has 5 rings (SSSR count). The summed E-state index contributed by atoms with van der Waals surface area (Å²) in [6.45, 7) is 2.43. The Morgan fingerprint density at radius 2 is 1.39 bits per heavy atom. The van der Waals surface area contributed by atoms with Crippen molar-refractivity contribution in [3.8, 4) is 0 Å². The zero-order chi connectivity index (χ0) is 21.2. The Balaban J connectivity index is 1.39. The Morgan fingerprint density at radius 3 is 2.10 bits per heavy atom. The number of halogens is 2. The van der Waals surface area contributed by atoms with Crippen LogP contribution in [0.1, 0.15) is 11.3 Å². The number of aromatic nitrogens is 3. The number of fused-ring (bicyclic) bond motifs is 1. The van der Waals surface area contributed by atoms with E-state index in [1.165, 1.54) is 5.56 Å². The van der Waals surface area contributed by atoms with Crippen LogP contribution in [-0.4, -0.2) is 41.4 Å². The molecule has 7 heteroatoms. The molecule has 0 N–H and O–H groups in total. The van der Waals surface area contributed by atoms with E-state index in [1.807, 2.05) is 35.2 Å². The molecule has 1 fully saturated rings. The number of benzene rings is 2. The maximum absolute atomic E-state index is 14.1. The Bertz CT molecular complexity index is 1210. The number of rotatable bonds is 4. The van der Waals surface area contributed by atoms with Crippen LogP contribution in [0.5, 0.6) is 0 Å². The van der Waals surface area contributed by atoms with Crippen molar-refractivity contribution in [2.75, 3.05) is 36.0 Å². The summed E-state index contributed by atoms with van der Waals surface area (Å²) < 4.78 is 27.3. The lowest BCUT2D eigenvalue weighted by atomic mass is 10.0. The number of piperazine rings is 1. The zero-order valence-electron chi connectivity index (χ0n) is 16.9. The van der Waals surface area contributed by atoms with E-state index in [4.69, 9.17) is 0 Å². The van der Waals surface area contributed by atoms with Crippen molar-refractivity contribution in [3.63, 3.8) is 0 Å². The van der Waals surface area contributed by atoms with Crippen molar-refractivity contribution in [1.82, 2.24) is 15.2 Å². The van der Waals surface area contributed by atoms with Gasteiger partial charge in [-0.1, -0.05) is 54.6 Å². The third-order valence-electron chi connectivity index (χ3n) is 5.63. The molecule has 0 aliphatic carbocycles. The molecule has 1 aliphatic heterocycles. The van der Waals surface area contributed by atoms with Crippen molar-refractivity contribution in [1.29, 1.82) is 0 Å². The fourth-order valence-electron chi connectivity index (χ4n) is 4.07. The van der Waals surface area contributed by atoms with Crippen molar-refractivity contribution in [2.24, 2.45) is 0 Å². The van der Waals surface area contributed by atoms with Crippen LogP contribution >= 0.6 is 0 Å². The van der Waals surface area contributed by atoms with Crippen LogP contribution < -0.4 is 9.80 Å². The van der Waals surface area contributed by atoms with Gasteiger partial charge in [0.05, 0.1) is 11.9 Å². The number of nitrogens with zero attached hydrogens (tertiary/aromatic N) is 5. The van der Waals surface area contributed by atoms with E-state index in [0.29, 0.717) is 26.2 Å². The van der Waals surface area contributed by atoms with Crippen LogP contribution in [0.15, 0.2) is 66.9 Å². The molecular weight excluding hydrogens is 396 g/mol. The first-order valence-corrected chi connectivity index (χ1v) is 10.3. The highest BCUT2D eigenvalue weighted by Crippen LogP contribution is 2.28. The van der Waals surface area contributed by atoms with E-state index in [0.717, 1.165) is 41.0 Å². The molecule has 0 spiro atoms. The fourth-order valence-corrected chi connectivity index (χ4v) is 4.07. The quantitative estimate of drug-likeness (QED) is 0.498. The molecular formula is C24H21F2N5. The minimum atomic E-state index is -0.669. The molecule has 4 aromatic rings. The van der Waals surface area contributed by atoms with Crippen LogP contribution in [0, 0.1) is 11.6 Å². The highest BCUT2D eigenvalue weighted by atomic mass is 19.1. The molecule has 31 heavy (non-hydrogen) atoms. The Hall–Kier alpha value is -3.61. The van der Waals surface area contributed by atoms with Crippen molar-refractivity contribution >= 4 is 22.4 Å². The van der Waals surface area contributed by atoms with Gasteiger partial charge in [0.15, 0.2) is 17.5 Å². The van der Waals surface area contributed by atoms with Gasteiger partial charge in [-0.05, 0) is 5.56 Å². The molecule has 1 aliphatic rings. The minimum Gasteiger partial charge on any atom is -0.351 e. The van der Waals surface area contributed by atoms with Crippen LogP contribution in [0.25, 0.3) is 10.8 Å². The molecule has 0 atom stereocenters. The topological polar surface area (TPSA) is 45.2 Å². The smallest absolute Gasteiger partial charge is 0.168 e. The van der Waals surface area contributed by atoms with E-state index in [-0.39, 0.29) is 5.82 Å². The average Bonchev–Trinajstić information content (AvgIpc) is 2.80. The molecule has 5 nitrogen and oxygen atoms in total. The van der Waals surface area contributed by atoms with Crippen molar-refractivity contribution in [3.05, 3.63) is 89.8 Å². The summed E-state index contributed by atoms with van der Waals surface area (Å²) in [5.41, 5.74) is 2.14. The predicted octanol–water partition coefficient (Wildman–Crippen LogP) is 4.22. The summed E-state index contributed by atoms with van der Waals surface area (Å²) >= 11 is 0. The summed E-state index contributed by atoms with van der Waals surface area (Å²) in [6.07, 6.45) is 1.77. The van der Waals surface area contributed by atoms with Crippen LogP contribution in [-0.2, 0) is 6.42 Å². The molecule has 1 saturated heterocycles. The Kier molecular flexibility index (Phi) is 5.16. The monoisotopic (exact) mass is 417 g/mol. The molecule has 0 radical (unpaired) electrons. The Morgan fingerprint density at radius 1 is 0.742 bits per heavy atom. The molecule has 3 heterocycles. The maximum atomic E-state index is 14.1. The van der Waals surface area contributed by atoms with Gasteiger partial charge in [0.1, 0.15) is 5.82 Å². The third-order valence-corrected chi connectivity index (χ3v) is 5.63. The summed E-state index contributed by atoms with van der Waals surface area (Å²) in [6, 6.07) is 19.3. The largest absolute Gasteiger partial charge is 0.351 e. The van der Waals surface area contributed by atoms with Gasteiger partial charge in [0.2, 0.25) is 0 Å². The second-order valence-corrected chi connectivity index (χ2v) is 7.61. The molecule has 156 valence electrons. The van der Waals surface area contributed by atoms with Gasteiger partial charge in [0.25, 0.3) is 0 Å². The van der Waals surface area contributed by atoms with Gasteiger partial charge in [-0.2, -0.15) is 5.10 Å². The van der Waals surface area contributed by atoms with Crippen molar-refractivity contribution in [2.45, 2.75) is 6.42 Å². The van der Waals surface area contributed by atoms with E-state index >= 15 is 0 Å². The second-order valence-electron chi connectivity index (χ2n) is 7.61. The lowest BCUT2D eigenvalue weighted by Gasteiger charge is -2.36. The first-order valence-electron chi connectivity index (χ1n) is 10.3. The summed E-state index contributed by atoms with van der Waals surface area (Å²) in [5, 5.41) is 11.3. The minimum absolute atomic E-state index is 0.190. The van der Waals surface area contributed by atoms with Crippen LogP contribution in [0.4, 0.5) is 20.4 Å². The Labute approximate surface area is 179 Å². The average molecular weight is 417 g/mol. The number of anilines is 2. The molecule has 2 aromatic heterocycles.